The number of nitrogens with one attached hydrogen (secondary N) is 2. The first kappa shape index (κ1) is 14.8. The SMILES string of the molecule is CCNc1ccncc1C(=O)Nc1cc(F)cc(F)c1F. The third-order valence-electron chi connectivity index (χ3n) is 2.67. The molecule has 2 aromatic rings. The maximum absolute atomic E-state index is 13.5. The highest BCUT2D eigenvalue weighted by Gasteiger charge is 2.16. The summed E-state index contributed by atoms with van der Waals surface area (Å²) >= 11 is 0. The molecule has 7 heteroatoms. The molecular weight excluding hydrogens is 283 g/mol. The molecule has 0 saturated heterocycles. The number of carbonyl (C=O) groups is 1. The van der Waals surface area contributed by atoms with E-state index in [-0.39, 0.29) is 5.56 Å². The van der Waals surface area contributed by atoms with Crippen LogP contribution in [0.15, 0.2) is 30.6 Å². The van der Waals surface area contributed by atoms with E-state index >= 15 is 0 Å². The van der Waals surface area contributed by atoms with Crippen molar-refractivity contribution >= 4 is 17.3 Å². The van der Waals surface area contributed by atoms with Crippen LogP contribution in [0.5, 0.6) is 0 Å². The summed E-state index contributed by atoms with van der Waals surface area (Å²) in [6, 6.07) is 2.68. The molecule has 110 valence electrons. The molecule has 0 atom stereocenters. The summed E-state index contributed by atoms with van der Waals surface area (Å²) < 4.78 is 39.7. The van der Waals surface area contributed by atoms with Crippen LogP contribution in [0.1, 0.15) is 17.3 Å². The molecule has 1 aromatic carbocycles. The minimum absolute atomic E-state index is 0.142. The van der Waals surface area contributed by atoms with Crippen molar-refractivity contribution in [1.82, 2.24) is 4.98 Å². The molecule has 2 rings (SSSR count). The van der Waals surface area contributed by atoms with E-state index in [1.165, 1.54) is 12.4 Å². The summed E-state index contributed by atoms with van der Waals surface area (Å²) in [6.07, 6.45) is 2.76. The van der Waals surface area contributed by atoms with Gasteiger partial charge in [-0.3, -0.25) is 9.78 Å². The van der Waals surface area contributed by atoms with Crippen molar-refractivity contribution in [2.75, 3.05) is 17.2 Å². The van der Waals surface area contributed by atoms with Crippen molar-refractivity contribution < 1.29 is 18.0 Å². The van der Waals surface area contributed by atoms with Crippen molar-refractivity contribution in [3.8, 4) is 0 Å². The fourth-order valence-electron chi connectivity index (χ4n) is 1.76. The minimum Gasteiger partial charge on any atom is -0.385 e. The fourth-order valence-corrected chi connectivity index (χ4v) is 1.76. The number of hydrogen-bond acceptors (Lipinski definition) is 3. The fraction of sp³-hybridized carbons (Fsp3) is 0.143. The van der Waals surface area contributed by atoms with Gasteiger partial charge in [-0.05, 0) is 13.0 Å². The Morgan fingerprint density at radius 3 is 2.71 bits per heavy atom. The first-order chi connectivity index (χ1) is 10.0. The van der Waals surface area contributed by atoms with Gasteiger partial charge in [-0.1, -0.05) is 0 Å². The predicted octanol–water partition coefficient (Wildman–Crippen LogP) is 3.18. The number of halogens is 3. The second-order valence-corrected chi connectivity index (χ2v) is 4.15. The Bertz CT molecular complexity index is 677. The van der Waals surface area contributed by atoms with Crippen LogP contribution in [-0.2, 0) is 0 Å². The van der Waals surface area contributed by atoms with Gasteiger partial charge in [0, 0.05) is 31.1 Å². The number of hydrogen-bond donors (Lipinski definition) is 2. The molecule has 0 bridgehead atoms. The van der Waals surface area contributed by atoms with E-state index in [1.54, 1.807) is 6.07 Å². The number of carbonyl (C=O) groups excluding carboxylic acids is 1. The Labute approximate surface area is 119 Å². The van der Waals surface area contributed by atoms with Crippen LogP contribution in [-0.4, -0.2) is 17.4 Å². The summed E-state index contributed by atoms with van der Waals surface area (Å²) in [6.45, 7) is 2.40. The second kappa shape index (κ2) is 6.25. The average Bonchev–Trinajstić information content (AvgIpc) is 2.45. The first-order valence-corrected chi connectivity index (χ1v) is 6.16. The van der Waals surface area contributed by atoms with Gasteiger partial charge >= 0.3 is 0 Å². The molecule has 1 heterocycles. The van der Waals surface area contributed by atoms with E-state index in [0.717, 1.165) is 0 Å². The van der Waals surface area contributed by atoms with E-state index in [0.29, 0.717) is 24.4 Å². The summed E-state index contributed by atoms with van der Waals surface area (Å²) in [5, 5.41) is 5.07. The molecule has 2 N–H and O–H groups in total. The van der Waals surface area contributed by atoms with E-state index in [9.17, 15) is 18.0 Å². The van der Waals surface area contributed by atoms with E-state index in [1.807, 2.05) is 6.92 Å². The molecule has 0 spiro atoms. The number of aromatic nitrogens is 1. The van der Waals surface area contributed by atoms with Crippen LogP contribution in [0, 0.1) is 17.5 Å². The molecule has 0 unspecified atom stereocenters. The van der Waals surface area contributed by atoms with Gasteiger partial charge in [0.05, 0.1) is 16.9 Å². The summed E-state index contributed by atoms with van der Waals surface area (Å²) in [5.74, 6) is -4.40. The van der Waals surface area contributed by atoms with Gasteiger partial charge in [-0.2, -0.15) is 0 Å². The lowest BCUT2D eigenvalue weighted by atomic mass is 10.2. The monoisotopic (exact) mass is 295 g/mol. The Balaban J connectivity index is 2.31. The quantitative estimate of drug-likeness (QED) is 0.852. The van der Waals surface area contributed by atoms with Crippen molar-refractivity contribution in [3.05, 3.63) is 53.6 Å². The van der Waals surface area contributed by atoms with Crippen molar-refractivity contribution in [1.29, 1.82) is 0 Å². The lowest BCUT2D eigenvalue weighted by Crippen LogP contribution is -2.16. The Morgan fingerprint density at radius 2 is 2.00 bits per heavy atom. The Hall–Kier alpha value is -2.57. The number of nitrogens with zero attached hydrogens (tertiary/aromatic N) is 1. The molecular formula is C14H12F3N3O. The van der Waals surface area contributed by atoms with Crippen LogP contribution >= 0.6 is 0 Å². The molecule has 0 aliphatic rings. The van der Waals surface area contributed by atoms with Crippen LogP contribution in [0.2, 0.25) is 0 Å². The van der Waals surface area contributed by atoms with Gasteiger partial charge in [-0.15, -0.1) is 0 Å². The smallest absolute Gasteiger partial charge is 0.259 e. The molecule has 0 saturated carbocycles. The average molecular weight is 295 g/mol. The molecule has 0 fully saturated rings. The third-order valence-corrected chi connectivity index (χ3v) is 2.67. The molecule has 1 aromatic heterocycles. The molecule has 1 amide bonds. The maximum Gasteiger partial charge on any atom is 0.259 e. The zero-order valence-corrected chi connectivity index (χ0v) is 11.1. The van der Waals surface area contributed by atoms with Crippen molar-refractivity contribution in [2.24, 2.45) is 0 Å². The standard InChI is InChI=1S/C14H12F3N3O/c1-2-19-11-3-4-18-7-9(11)14(21)20-12-6-8(15)5-10(16)13(12)17/h3-7H,2H2,1H3,(H,18,19)(H,20,21). The minimum atomic E-state index is -1.37. The van der Waals surface area contributed by atoms with Crippen LogP contribution < -0.4 is 10.6 Å². The Morgan fingerprint density at radius 1 is 1.24 bits per heavy atom. The van der Waals surface area contributed by atoms with Gasteiger partial charge in [0.2, 0.25) is 0 Å². The normalized spacial score (nSPS) is 10.3. The molecule has 21 heavy (non-hydrogen) atoms. The molecule has 0 aliphatic heterocycles. The zero-order valence-electron chi connectivity index (χ0n) is 11.1. The van der Waals surface area contributed by atoms with Gasteiger partial charge in [0.25, 0.3) is 5.91 Å². The van der Waals surface area contributed by atoms with Gasteiger partial charge in [0.15, 0.2) is 11.6 Å². The number of pyridine rings is 1. The van der Waals surface area contributed by atoms with Crippen LogP contribution in [0.25, 0.3) is 0 Å². The number of amides is 1. The molecule has 4 nitrogen and oxygen atoms in total. The number of anilines is 2. The lowest BCUT2D eigenvalue weighted by Gasteiger charge is -2.11. The van der Waals surface area contributed by atoms with Crippen LogP contribution in [0.4, 0.5) is 24.5 Å². The van der Waals surface area contributed by atoms with Gasteiger partial charge < -0.3 is 10.6 Å². The van der Waals surface area contributed by atoms with Crippen molar-refractivity contribution in [3.63, 3.8) is 0 Å². The second-order valence-electron chi connectivity index (χ2n) is 4.15. The van der Waals surface area contributed by atoms with E-state index < -0.39 is 29.0 Å². The lowest BCUT2D eigenvalue weighted by molar-refractivity contribution is 0.102. The zero-order chi connectivity index (χ0) is 15.4. The largest absolute Gasteiger partial charge is 0.385 e. The van der Waals surface area contributed by atoms with Gasteiger partial charge in [0.1, 0.15) is 5.82 Å². The van der Waals surface area contributed by atoms with Crippen molar-refractivity contribution in [2.45, 2.75) is 6.92 Å². The van der Waals surface area contributed by atoms with E-state index in [2.05, 4.69) is 15.6 Å². The number of benzene rings is 1. The topological polar surface area (TPSA) is 54.0 Å². The Kier molecular flexibility index (Phi) is 4.42. The third kappa shape index (κ3) is 3.31. The highest BCUT2D eigenvalue weighted by molar-refractivity contribution is 6.07. The van der Waals surface area contributed by atoms with Gasteiger partial charge in [-0.25, -0.2) is 13.2 Å². The molecule has 0 aliphatic carbocycles. The summed E-state index contributed by atoms with van der Waals surface area (Å²) in [7, 11) is 0. The summed E-state index contributed by atoms with van der Waals surface area (Å²) in [5.41, 5.74) is 0.0644. The number of rotatable bonds is 4. The highest BCUT2D eigenvalue weighted by atomic mass is 19.2. The molecule has 0 radical (unpaired) electrons. The maximum atomic E-state index is 13.5. The first-order valence-electron chi connectivity index (χ1n) is 6.16. The summed E-state index contributed by atoms with van der Waals surface area (Å²) in [4.78, 5) is 15.9. The highest BCUT2D eigenvalue weighted by Crippen LogP contribution is 2.21. The van der Waals surface area contributed by atoms with Crippen LogP contribution in [0.3, 0.4) is 0 Å². The van der Waals surface area contributed by atoms with E-state index in [4.69, 9.17) is 0 Å². The predicted molar refractivity (Wildman–Crippen MR) is 72.7 cm³/mol.